The summed E-state index contributed by atoms with van der Waals surface area (Å²) < 4.78 is 28.5. The zero-order valence-electron chi connectivity index (χ0n) is 17.4. The molecule has 0 aromatic heterocycles. The third kappa shape index (κ3) is 3.41. The van der Waals surface area contributed by atoms with Crippen LogP contribution >= 0.6 is 0 Å². The highest BCUT2D eigenvalue weighted by Gasteiger charge is 2.31. The molecule has 2 amide bonds. The van der Waals surface area contributed by atoms with E-state index < -0.39 is 10.0 Å². The number of amides is 2. The van der Waals surface area contributed by atoms with Crippen LogP contribution in [-0.4, -0.2) is 26.1 Å². The van der Waals surface area contributed by atoms with E-state index in [1.165, 1.54) is 9.21 Å². The first-order valence-corrected chi connectivity index (χ1v) is 11.9. The topological polar surface area (TPSA) is 90.0 Å². The lowest BCUT2D eigenvalue weighted by Gasteiger charge is -2.32. The Hall–Kier alpha value is -3.36. The van der Waals surface area contributed by atoms with E-state index in [0.29, 0.717) is 23.6 Å². The van der Waals surface area contributed by atoms with Gasteiger partial charge in [-0.05, 0) is 54.3 Å². The zero-order chi connectivity index (χ0) is 22.3. The fourth-order valence-electron chi connectivity index (χ4n) is 4.40. The number of aliphatic hydroxyl groups is 1. The number of rotatable bonds is 4. The monoisotopic (exact) mass is 449 g/mol. The summed E-state index contributed by atoms with van der Waals surface area (Å²) in [5.74, 6) is 0. The standard InChI is InChI=1S/C24H23N3O4S/c28-16-18-7-3-11-22-21(18)15-26(24(29)25-22)19-9-4-10-20(14-19)32(30,31)27-13-5-8-17-6-1-2-12-23(17)27/h1-4,6-7,9-12,14,28H,5,8,13,15-16H2,(H,25,29). The molecule has 0 saturated heterocycles. The maximum absolute atomic E-state index is 13.5. The Morgan fingerprint density at radius 3 is 2.66 bits per heavy atom. The maximum atomic E-state index is 13.5. The summed E-state index contributed by atoms with van der Waals surface area (Å²) in [5.41, 5.74) is 4.40. The van der Waals surface area contributed by atoms with Crippen LogP contribution in [0, 0.1) is 0 Å². The summed E-state index contributed by atoms with van der Waals surface area (Å²) >= 11 is 0. The third-order valence-corrected chi connectivity index (χ3v) is 7.84. The normalized spacial score (nSPS) is 15.7. The SMILES string of the molecule is O=C1Nc2cccc(CO)c2CN1c1cccc(S(=O)(=O)N2CCCc3ccccc32)c1. The highest BCUT2D eigenvalue weighted by molar-refractivity contribution is 7.92. The van der Waals surface area contributed by atoms with Crippen molar-refractivity contribution in [1.29, 1.82) is 0 Å². The molecule has 0 atom stereocenters. The number of aryl methyl sites for hydroxylation is 1. The molecule has 0 saturated carbocycles. The van der Waals surface area contributed by atoms with Gasteiger partial charge in [-0.15, -0.1) is 0 Å². The van der Waals surface area contributed by atoms with Crippen molar-refractivity contribution in [3.8, 4) is 0 Å². The minimum Gasteiger partial charge on any atom is -0.392 e. The van der Waals surface area contributed by atoms with Gasteiger partial charge in [-0.3, -0.25) is 9.21 Å². The number of aliphatic hydroxyl groups excluding tert-OH is 1. The van der Waals surface area contributed by atoms with E-state index in [9.17, 15) is 18.3 Å². The first-order valence-electron chi connectivity index (χ1n) is 10.5. The van der Waals surface area contributed by atoms with E-state index in [-0.39, 0.29) is 24.1 Å². The van der Waals surface area contributed by atoms with Crippen LogP contribution in [0.5, 0.6) is 0 Å². The molecule has 164 valence electrons. The highest BCUT2D eigenvalue weighted by Crippen LogP contribution is 2.34. The van der Waals surface area contributed by atoms with Crippen LogP contribution in [0.3, 0.4) is 0 Å². The number of para-hydroxylation sites is 1. The van der Waals surface area contributed by atoms with Crippen LogP contribution in [0.15, 0.2) is 71.6 Å². The molecule has 0 spiro atoms. The van der Waals surface area contributed by atoms with Crippen molar-refractivity contribution in [2.75, 3.05) is 21.1 Å². The van der Waals surface area contributed by atoms with Crippen LogP contribution in [0.1, 0.15) is 23.1 Å². The minimum atomic E-state index is -3.79. The zero-order valence-corrected chi connectivity index (χ0v) is 18.2. The van der Waals surface area contributed by atoms with Gasteiger partial charge >= 0.3 is 6.03 Å². The Balaban J connectivity index is 1.51. The highest BCUT2D eigenvalue weighted by atomic mass is 32.2. The van der Waals surface area contributed by atoms with Gasteiger partial charge in [-0.1, -0.05) is 36.4 Å². The van der Waals surface area contributed by atoms with Crippen molar-refractivity contribution in [2.24, 2.45) is 0 Å². The lowest BCUT2D eigenvalue weighted by atomic mass is 10.0. The lowest BCUT2D eigenvalue weighted by Crippen LogP contribution is -2.39. The molecule has 5 rings (SSSR count). The Morgan fingerprint density at radius 1 is 1.00 bits per heavy atom. The molecule has 2 aliphatic rings. The number of fused-ring (bicyclic) bond motifs is 2. The molecule has 2 heterocycles. The molecular formula is C24H23N3O4S. The van der Waals surface area contributed by atoms with Crippen LogP contribution in [-0.2, 0) is 29.6 Å². The second-order valence-electron chi connectivity index (χ2n) is 7.92. The van der Waals surface area contributed by atoms with E-state index in [0.717, 1.165) is 29.5 Å². The first kappa shape index (κ1) is 20.5. The molecule has 3 aromatic rings. The van der Waals surface area contributed by atoms with Crippen molar-refractivity contribution in [2.45, 2.75) is 30.9 Å². The van der Waals surface area contributed by atoms with Gasteiger partial charge < -0.3 is 10.4 Å². The molecule has 2 aliphatic heterocycles. The number of sulfonamides is 1. The van der Waals surface area contributed by atoms with Gasteiger partial charge in [-0.25, -0.2) is 13.2 Å². The van der Waals surface area contributed by atoms with E-state index in [4.69, 9.17) is 0 Å². The van der Waals surface area contributed by atoms with Gasteiger partial charge in [0.2, 0.25) is 0 Å². The summed E-state index contributed by atoms with van der Waals surface area (Å²) in [4.78, 5) is 14.4. The van der Waals surface area contributed by atoms with Gasteiger partial charge in [0.15, 0.2) is 0 Å². The number of hydrogen-bond donors (Lipinski definition) is 2. The van der Waals surface area contributed by atoms with Gasteiger partial charge in [0.05, 0.1) is 23.7 Å². The number of nitrogens with zero attached hydrogens (tertiary/aromatic N) is 2. The molecule has 0 bridgehead atoms. The van der Waals surface area contributed by atoms with E-state index in [1.807, 2.05) is 30.3 Å². The smallest absolute Gasteiger partial charge is 0.326 e. The molecule has 3 aromatic carbocycles. The van der Waals surface area contributed by atoms with E-state index in [2.05, 4.69) is 5.32 Å². The molecule has 2 N–H and O–H groups in total. The van der Waals surface area contributed by atoms with Crippen molar-refractivity contribution in [3.63, 3.8) is 0 Å². The Labute approximate surface area is 187 Å². The second kappa shape index (κ2) is 7.96. The van der Waals surface area contributed by atoms with Crippen LogP contribution < -0.4 is 14.5 Å². The van der Waals surface area contributed by atoms with Crippen molar-refractivity contribution in [3.05, 3.63) is 83.4 Å². The Bertz CT molecular complexity index is 1310. The van der Waals surface area contributed by atoms with Crippen molar-refractivity contribution in [1.82, 2.24) is 0 Å². The van der Waals surface area contributed by atoms with Crippen LogP contribution in [0.4, 0.5) is 21.9 Å². The molecule has 0 aliphatic carbocycles. The lowest BCUT2D eigenvalue weighted by molar-refractivity contribution is 0.255. The predicted molar refractivity (Wildman–Crippen MR) is 123 cm³/mol. The minimum absolute atomic E-state index is 0.140. The number of carbonyl (C=O) groups is 1. The Kier molecular flexibility index (Phi) is 5.11. The fourth-order valence-corrected chi connectivity index (χ4v) is 5.98. The molecule has 0 fully saturated rings. The van der Waals surface area contributed by atoms with Gasteiger partial charge in [0.25, 0.3) is 10.0 Å². The number of benzene rings is 3. The second-order valence-corrected chi connectivity index (χ2v) is 9.79. The molecular weight excluding hydrogens is 426 g/mol. The van der Waals surface area contributed by atoms with Crippen molar-refractivity contribution >= 4 is 33.1 Å². The molecule has 32 heavy (non-hydrogen) atoms. The largest absolute Gasteiger partial charge is 0.392 e. The number of nitrogens with one attached hydrogen (secondary N) is 1. The van der Waals surface area contributed by atoms with Crippen molar-refractivity contribution < 1.29 is 18.3 Å². The van der Waals surface area contributed by atoms with Crippen LogP contribution in [0.2, 0.25) is 0 Å². The molecule has 0 radical (unpaired) electrons. The molecule has 0 unspecified atom stereocenters. The number of urea groups is 1. The van der Waals surface area contributed by atoms with Gasteiger partial charge in [0, 0.05) is 23.5 Å². The average molecular weight is 450 g/mol. The predicted octanol–water partition coefficient (Wildman–Crippen LogP) is 3.87. The molecule has 8 heteroatoms. The summed E-state index contributed by atoms with van der Waals surface area (Å²) in [6.45, 7) is 0.518. The van der Waals surface area contributed by atoms with E-state index >= 15 is 0 Å². The fraction of sp³-hybridized carbons (Fsp3) is 0.208. The number of hydrogen-bond acceptors (Lipinski definition) is 4. The summed E-state index contributed by atoms with van der Waals surface area (Å²) in [5, 5.41) is 12.5. The summed E-state index contributed by atoms with van der Waals surface area (Å²) in [6.07, 6.45) is 1.61. The average Bonchev–Trinajstić information content (AvgIpc) is 2.82. The third-order valence-electron chi connectivity index (χ3n) is 6.03. The quantitative estimate of drug-likeness (QED) is 0.633. The Morgan fingerprint density at radius 2 is 1.81 bits per heavy atom. The maximum Gasteiger partial charge on any atom is 0.326 e. The van der Waals surface area contributed by atoms with Gasteiger partial charge in [0.1, 0.15) is 0 Å². The number of carbonyl (C=O) groups excluding carboxylic acids is 1. The van der Waals surface area contributed by atoms with Crippen LogP contribution in [0.25, 0.3) is 0 Å². The van der Waals surface area contributed by atoms with Gasteiger partial charge in [-0.2, -0.15) is 0 Å². The summed E-state index contributed by atoms with van der Waals surface area (Å²) in [7, 11) is -3.79. The first-order chi connectivity index (χ1) is 15.5. The molecule has 7 nitrogen and oxygen atoms in total. The number of anilines is 3. The van der Waals surface area contributed by atoms with E-state index in [1.54, 1.807) is 36.4 Å². The summed E-state index contributed by atoms with van der Waals surface area (Å²) in [6, 6.07) is 19.1.